The van der Waals surface area contributed by atoms with E-state index in [0.717, 1.165) is 4.90 Å². The molecule has 1 aliphatic heterocycles. The van der Waals surface area contributed by atoms with Gasteiger partial charge in [-0.25, -0.2) is 0 Å². The van der Waals surface area contributed by atoms with Crippen LogP contribution >= 0.6 is 0 Å². The SMILES string of the molecule is CC(N)CC(=O)N1CCC(C(=O)O)(C(F)(F)F)C1. The molecule has 0 saturated carbocycles. The molecule has 2 unspecified atom stereocenters. The summed E-state index contributed by atoms with van der Waals surface area (Å²) in [7, 11) is 0. The predicted molar refractivity (Wildman–Crippen MR) is 55.6 cm³/mol. The van der Waals surface area contributed by atoms with Crippen LogP contribution in [0.1, 0.15) is 19.8 Å². The fourth-order valence-corrected chi connectivity index (χ4v) is 1.95. The maximum Gasteiger partial charge on any atom is 0.406 e. The van der Waals surface area contributed by atoms with E-state index in [0.29, 0.717) is 0 Å². The van der Waals surface area contributed by atoms with Gasteiger partial charge in [-0.2, -0.15) is 13.2 Å². The van der Waals surface area contributed by atoms with Crippen molar-refractivity contribution < 1.29 is 27.9 Å². The highest BCUT2D eigenvalue weighted by Crippen LogP contribution is 2.45. The number of carbonyl (C=O) groups is 2. The quantitative estimate of drug-likeness (QED) is 0.784. The van der Waals surface area contributed by atoms with Gasteiger partial charge in [0, 0.05) is 25.6 Å². The Morgan fingerprint density at radius 1 is 1.50 bits per heavy atom. The van der Waals surface area contributed by atoms with Crippen LogP contribution in [0.3, 0.4) is 0 Å². The fraction of sp³-hybridized carbons (Fsp3) is 0.800. The van der Waals surface area contributed by atoms with Gasteiger partial charge in [0.05, 0.1) is 0 Å². The van der Waals surface area contributed by atoms with E-state index < -0.39 is 42.5 Å². The number of carbonyl (C=O) groups excluding carboxylic acids is 1. The zero-order chi connectivity index (χ0) is 14.1. The van der Waals surface area contributed by atoms with Gasteiger partial charge < -0.3 is 15.7 Å². The number of amides is 1. The lowest BCUT2D eigenvalue weighted by Crippen LogP contribution is -2.48. The van der Waals surface area contributed by atoms with Gasteiger partial charge in [-0.1, -0.05) is 0 Å². The lowest BCUT2D eigenvalue weighted by atomic mass is 9.86. The van der Waals surface area contributed by atoms with E-state index in [1.807, 2.05) is 0 Å². The van der Waals surface area contributed by atoms with Gasteiger partial charge in [0.25, 0.3) is 0 Å². The monoisotopic (exact) mass is 268 g/mol. The summed E-state index contributed by atoms with van der Waals surface area (Å²) in [4.78, 5) is 23.4. The van der Waals surface area contributed by atoms with Crippen molar-refractivity contribution in [3.8, 4) is 0 Å². The van der Waals surface area contributed by atoms with Crippen molar-refractivity contribution >= 4 is 11.9 Å². The van der Waals surface area contributed by atoms with E-state index >= 15 is 0 Å². The molecule has 0 aromatic rings. The summed E-state index contributed by atoms with van der Waals surface area (Å²) in [6.07, 6.45) is -5.58. The summed E-state index contributed by atoms with van der Waals surface area (Å²) >= 11 is 0. The van der Waals surface area contributed by atoms with Crippen LogP contribution in [-0.4, -0.2) is 47.2 Å². The summed E-state index contributed by atoms with van der Waals surface area (Å²) in [6, 6.07) is -0.469. The van der Waals surface area contributed by atoms with Crippen LogP contribution in [0.5, 0.6) is 0 Å². The molecule has 3 N–H and O–H groups in total. The van der Waals surface area contributed by atoms with Gasteiger partial charge in [-0.05, 0) is 13.3 Å². The number of rotatable bonds is 3. The lowest BCUT2D eigenvalue weighted by Gasteiger charge is -2.27. The van der Waals surface area contributed by atoms with Crippen molar-refractivity contribution in [3.05, 3.63) is 0 Å². The Morgan fingerprint density at radius 2 is 2.06 bits per heavy atom. The number of halogens is 3. The first-order valence-corrected chi connectivity index (χ1v) is 5.43. The van der Waals surface area contributed by atoms with Crippen molar-refractivity contribution in [2.24, 2.45) is 11.1 Å². The molecule has 1 aliphatic rings. The molecule has 0 aromatic heterocycles. The Hall–Kier alpha value is -1.31. The van der Waals surface area contributed by atoms with Crippen LogP contribution in [0.15, 0.2) is 0 Å². The number of alkyl halides is 3. The van der Waals surface area contributed by atoms with Crippen molar-refractivity contribution in [2.75, 3.05) is 13.1 Å². The van der Waals surface area contributed by atoms with Crippen molar-refractivity contribution in [3.63, 3.8) is 0 Å². The third-order valence-electron chi connectivity index (χ3n) is 3.07. The maximum atomic E-state index is 12.8. The van der Waals surface area contributed by atoms with Gasteiger partial charge in [-0.15, -0.1) is 0 Å². The van der Waals surface area contributed by atoms with Crippen molar-refractivity contribution in [1.29, 1.82) is 0 Å². The van der Waals surface area contributed by atoms with Crippen LogP contribution < -0.4 is 5.73 Å². The van der Waals surface area contributed by atoms with Gasteiger partial charge in [0.15, 0.2) is 5.41 Å². The molecular weight excluding hydrogens is 253 g/mol. The molecule has 104 valence electrons. The van der Waals surface area contributed by atoms with Gasteiger partial charge in [-0.3, -0.25) is 9.59 Å². The Labute approximate surface area is 102 Å². The molecule has 0 radical (unpaired) electrons. The minimum atomic E-state index is -4.87. The first-order chi connectivity index (χ1) is 8.10. The summed E-state index contributed by atoms with van der Waals surface area (Å²) in [5, 5.41) is 8.80. The Balaban J connectivity index is 2.85. The topological polar surface area (TPSA) is 83.6 Å². The highest BCUT2D eigenvalue weighted by molar-refractivity contribution is 5.81. The Bertz CT molecular complexity index is 357. The molecule has 1 fully saturated rings. The largest absolute Gasteiger partial charge is 0.481 e. The summed E-state index contributed by atoms with van der Waals surface area (Å²) in [5.41, 5.74) is 2.54. The average molecular weight is 268 g/mol. The highest BCUT2D eigenvalue weighted by atomic mass is 19.4. The third kappa shape index (κ3) is 2.58. The standard InChI is InChI=1S/C10H15F3N2O3/c1-6(14)4-7(16)15-3-2-9(5-15,8(17)18)10(11,12)13/h6H,2-5,14H2,1H3,(H,17,18). The zero-order valence-electron chi connectivity index (χ0n) is 9.83. The van der Waals surface area contributed by atoms with Crippen molar-refractivity contribution in [1.82, 2.24) is 4.90 Å². The van der Waals surface area contributed by atoms with Gasteiger partial charge in [0.1, 0.15) is 0 Å². The summed E-state index contributed by atoms with van der Waals surface area (Å²) in [5.74, 6) is -2.48. The minimum Gasteiger partial charge on any atom is -0.481 e. The Morgan fingerprint density at radius 3 is 2.39 bits per heavy atom. The van der Waals surface area contributed by atoms with Crippen LogP contribution in [0.2, 0.25) is 0 Å². The van der Waals surface area contributed by atoms with Gasteiger partial charge in [0.2, 0.25) is 5.91 Å². The molecule has 1 saturated heterocycles. The molecular formula is C10H15F3N2O3. The molecule has 2 atom stereocenters. The molecule has 5 nitrogen and oxygen atoms in total. The van der Waals surface area contributed by atoms with E-state index in [1.165, 1.54) is 0 Å². The smallest absolute Gasteiger partial charge is 0.406 e. The molecule has 0 aromatic carbocycles. The first kappa shape index (κ1) is 14.7. The van der Waals surface area contributed by atoms with E-state index in [4.69, 9.17) is 10.8 Å². The van der Waals surface area contributed by atoms with E-state index in [9.17, 15) is 22.8 Å². The molecule has 0 spiro atoms. The average Bonchev–Trinajstić information content (AvgIpc) is 2.60. The van der Waals surface area contributed by atoms with E-state index in [2.05, 4.69) is 0 Å². The van der Waals surface area contributed by atoms with E-state index in [1.54, 1.807) is 6.92 Å². The number of carboxylic acid groups (broad SMARTS) is 1. The van der Waals surface area contributed by atoms with Crippen LogP contribution in [0.4, 0.5) is 13.2 Å². The van der Waals surface area contributed by atoms with Crippen LogP contribution in [0.25, 0.3) is 0 Å². The van der Waals surface area contributed by atoms with Crippen LogP contribution in [0, 0.1) is 5.41 Å². The molecule has 0 bridgehead atoms. The number of nitrogens with zero attached hydrogens (tertiary/aromatic N) is 1. The fourth-order valence-electron chi connectivity index (χ4n) is 1.95. The normalized spacial score (nSPS) is 26.2. The predicted octanol–water partition coefficient (Wildman–Crippen LogP) is 0.589. The number of likely N-dealkylation sites (tertiary alicyclic amines) is 1. The third-order valence-corrected chi connectivity index (χ3v) is 3.07. The number of nitrogens with two attached hydrogens (primary N) is 1. The summed E-state index contributed by atoms with van der Waals surface area (Å²) in [6.45, 7) is 0.511. The molecule has 18 heavy (non-hydrogen) atoms. The lowest BCUT2D eigenvalue weighted by molar-refractivity contribution is -0.227. The molecule has 1 rings (SSSR count). The molecule has 8 heteroatoms. The second-order valence-corrected chi connectivity index (χ2v) is 4.63. The first-order valence-electron chi connectivity index (χ1n) is 5.43. The Kier molecular flexibility index (Phi) is 3.89. The minimum absolute atomic E-state index is 0.0897. The van der Waals surface area contributed by atoms with Crippen LogP contribution in [-0.2, 0) is 9.59 Å². The van der Waals surface area contributed by atoms with Gasteiger partial charge >= 0.3 is 12.1 Å². The molecule has 0 aliphatic carbocycles. The molecule has 1 amide bonds. The second kappa shape index (κ2) is 4.75. The number of carboxylic acids is 1. The molecule has 1 heterocycles. The van der Waals surface area contributed by atoms with E-state index in [-0.39, 0.29) is 13.0 Å². The number of hydrogen-bond donors (Lipinski definition) is 2. The summed E-state index contributed by atoms with van der Waals surface area (Å²) < 4.78 is 38.5. The van der Waals surface area contributed by atoms with Crippen molar-refractivity contribution in [2.45, 2.75) is 32.0 Å². The zero-order valence-corrected chi connectivity index (χ0v) is 9.83. The number of aliphatic carboxylic acids is 1. The second-order valence-electron chi connectivity index (χ2n) is 4.63. The maximum absolute atomic E-state index is 12.8. The number of hydrogen-bond acceptors (Lipinski definition) is 3. The highest BCUT2D eigenvalue weighted by Gasteiger charge is 2.64.